The molecule has 1 heterocycles. The van der Waals surface area contributed by atoms with Crippen LogP contribution in [0.25, 0.3) is 0 Å². The third-order valence-electron chi connectivity index (χ3n) is 3.64. The number of sulfonamides is 1. The molecule has 0 aliphatic carbocycles. The highest BCUT2D eigenvalue weighted by Gasteiger charge is 2.37. The Labute approximate surface area is 124 Å². The maximum atomic E-state index is 12.8. The summed E-state index contributed by atoms with van der Waals surface area (Å²) in [6.45, 7) is 0.220. The quantitative estimate of drug-likeness (QED) is 0.915. The first-order valence-electron chi connectivity index (χ1n) is 6.86. The van der Waals surface area contributed by atoms with Crippen LogP contribution in [0.1, 0.15) is 25.7 Å². The van der Waals surface area contributed by atoms with Crippen LogP contribution in [0.5, 0.6) is 5.75 Å². The van der Waals surface area contributed by atoms with E-state index in [1.54, 1.807) is 18.2 Å². The van der Waals surface area contributed by atoms with Gasteiger partial charge in [0.25, 0.3) is 0 Å². The summed E-state index contributed by atoms with van der Waals surface area (Å²) in [6, 6.07) is 5.26. The van der Waals surface area contributed by atoms with Gasteiger partial charge < -0.3 is 9.84 Å². The predicted molar refractivity (Wildman–Crippen MR) is 76.8 cm³/mol. The minimum atomic E-state index is -3.89. The molecule has 6 nitrogen and oxygen atoms in total. The van der Waals surface area contributed by atoms with E-state index in [4.69, 9.17) is 4.74 Å². The first-order chi connectivity index (χ1) is 9.98. The Balaban J connectivity index is 2.47. The number of aliphatic carboxylic acids is 1. The van der Waals surface area contributed by atoms with Crippen molar-refractivity contribution in [3.63, 3.8) is 0 Å². The molecule has 0 radical (unpaired) electrons. The van der Waals surface area contributed by atoms with Gasteiger partial charge in [-0.2, -0.15) is 4.31 Å². The summed E-state index contributed by atoms with van der Waals surface area (Å²) < 4.78 is 31.8. The monoisotopic (exact) mass is 313 g/mol. The Morgan fingerprint density at radius 3 is 2.67 bits per heavy atom. The summed E-state index contributed by atoms with van der Waals surface area (Å²) in [5.41, 5.74) is 0. The zero-order chi connectivity index (χ0) is 15.5. The lowest BCUT2D eigenvalue weighted by molar-refractivity contribution is -0.141. The van der Waals surface area contributed by atoms with E-state index in [1.165, 1.54) is 13.2 Å². The molecule has 1 aliphatic heterocycles. The number of benzene rings is 1. The van der Waals surface area contributed by atoms with Gasteiger partial charge in [0, 0.05) is 6.54 Å². The van der Waals surface area contributed by atoms with Crippen molar-refractivity contribution in [1.82, 2.24) is 4.31 Å². The lowest BCUT2D eigenvalue weighted by Gasteiger charge is -2.26. The first kappa shape index (κ1) is 15.8. The number of hydrogen-bond acceptors (Lipinski definition) is 4. The Kier molecular flexibility index (Phi) is 4.84. The van der Waals surface area contributed by atoms with E-state index in [2.05, 4.69) is 0 Å². The Bertz CT molecular complexity index is 614. The van der Waals surface area contributed by atoms with Gasteiger partial charge in [0.15, 0.2) is 0 Å². The van der Waals surface area contributed by atoms with E-state index in [0.29, 0.717) is 12.8 Å². The van der Waals surface area contributed by atoms with Crippen LogP contribution in [0.4, 0.5) is 0 Å². The highest BCUT2D eigenvalue weighted by Crippen LogP contribution is 2.30. The molecule has 1 N–H and O–H groups in total. The van der Waals surface area contributed by atoms with Crippen molar-refractivity contribution >= 4 is 16.0 Å². The number of carboxylic acid groups (broad SMARTS) is 1. The molecule has 7 heteroatoms. The third kappa shape index (κ3) is 3.19. The molecule has 21 heavy (non-hydrogen) atoms. The van der Waals surface area contributed by atoms with Crippen molar-refractivity contribution in [3.05, 3.63) is 24.3 Å². The van der Waals surface area contributed by atoms with Gasteiger partial charge in [-0.25, -0.2) is 8.42 Å². The molecule has 1 aromatic rings. The minimum Gasteiger partial charge on any atom is -0.495 e. The lowest BCUT2D eigenvalue weighted by Crippen LogP contribution is -2.44. The van der Waals surface area contributed by atoms with Crippen LogP contribution in [-0.4, -0.2) is 43.5 Å². The molecule has 1 aliphatic rings. The summed E-state index contributed by atoms with van der Waals surface area (Å²) in [4.78, 5) is 11.4. The Morgan fingerprint density at radius 1 is 1.29 bits per heavy atom. The average Bonchev–Trinajstić information content (AvgIpc) is 2.73. The van der Waals surface area contributed by atoms with Crippen LogP contribution in [0.15, 0.2) is 29.2 Å². The van der Waals surface area contributed by atoms with E-state index in [9.17, 15) is 18.3 Å². The van der Waals surface area contributed by atoms with Crippen LogP contribution in [0.2, 0.25) is 0 Å². The van der Waals surface area contributed by atoms with E-state index >= 15 is 0 Å². The molecule has 1 unspecified atom stereocenters. The second-order valence-electron chi connectivity index (χ2n) is 4.97. The predicted octanol–water partition coefficient (Wildman–Crippen LogP) is 1.71. The molecular formula is C14H19NO5S. The summed E-state index contributed by atoms with van der Waals surface area (Å²) >= 11 is 0. The molecule has 1 atom stereocenters. The fourth-order valence-corrected chi connectivity index (χ4v) is 4.38. The second kappa shape index (κ2) is 6.44. The SMILES string of the molecule is COc1ccccc1S(=O)(=O)N1CCCCCC1C(=O)O. The first-order valence-corrected chi connectivity index (χ1v) is 8.30. The largest absolute Gasteiger partial charge is 0.495 e. The zero-order valence-electron chi connectivity index (χ0n) is 11.9. The van der Waals surface area contributed by atoms with Crippen molar-refractivity contribution in [2.24, 2.45) is 0 Å². The van der Waals surface area contributed by atoms with Crippen LogP contribution >= 0.6 is 0 Å². The van der Waals surface area contributed by atoms with Gasteiger partial charge in [0.2, 0.25) is 10.0 Å². The third-order valence-corrected chi connectivity index (χ3v) is 5.59. The van der Waals surface area contributed by atoms with Crippen LogP contribution in [0.3, 0.4) is 0 Å². The molecule has 0 amide bonds. The second-order valence-corrected chi connectivity index (χ2v) is 6.83. The molecule has 1 saturated heterocycles. The van der Waals surface area contributed by atoms with Crippen molar-refractivity contribution in [2.75, 3.05) is 13.7 Å². The number of para-hydroxylation sites is 1. The number of rotatable bonds is 4. The molecule has 0 aromatic heterocycles. The smallest absolute Gasteiger partial charge is 0.322 e. The van der Waals surface area contributed by atoms with Gasteiger partial charge >= 0.3 is 5.97 Å². The van der Waals surface area contributed by atoms with Crippen LogP contribution in [-0.2, 0) is 14.8 Å². The van der Waals surface area contributed by atoms with Gasteiger partial charge in [0.05, 0.1) is 7.11 Å². The normalized spacial score (nSPS) is 20.7. The molecule has 0 saturated carbocycles. The molecular weight excluding hydrogens is 294 g/mol. The number of nitrogens with zero attached hydrogens (tertiary/aromatic N) is 1. The Morgan fingerprint density at radius 2 is 2.00 bits per heavy atom. The van der Waals surface area contributed by atoms with E-state index in [0.717, 1.165) is 17.1 Å². The fourth-order valence-electron chi connectivity index (χ4n) is 2.57. The fraction of sp³-hybridized carbons (Fsp3) is 0.500. The van der Waals surface area contributed by atoms with E-state index in [-0.39, 0.29) is 17.2 Å². The molecule has 1 aromatic carbocycles. The molecule has 1 fully saturated rings. The average molecular weight is 313 g/mol. The van der Waals surface area contributed by atoms with Crippen molar-refractivity contribution in [1.29, 1.82) is 0 Å². The van der Waals surface area contributed by atoms with Crippen molar-refractivity contribution in [3.8, 4) is 5.75 Å². The van der Waals surface area contributed by atoms with Gasteiger partial charge in [-0.3, -0.25) is 4.79 Å². The summed E-state index contributed by atoms with van der Waals surface area (Å²) in [6.07, 6.45) is 2.55. The zero-order valence-corrected chi connectivity index (χ0v) is 12.7. The lowest BCUT2D eigenvalue weighted by atomic mass is 10.1. The highest BCUT2D eigenvalue weighted by molar-refractivity contribution is 7.89. The van der Waals surface area contributed by atoms with E-state index < -0.39 is 22.0 Å². The van der Waals surface area contributed by atoms with Crippen LogP contribution in [0, 0.1) is 0 Å². The van der Waals surface area contributed by atoms with Gasteiger partial charge in [-0.05, 0) is 25.0 Å². The number of carboxylic acids is 1. The summed E-state index contributed by atoms with van der Waals surface area (Å²) in [7, 11) is -2.50. The van der Waals surface area contributed by atoms with Gasteiger partial charge in [-0.15, -0.1) is 0 Å². The van der Waals surface area contributed by atoms with Crippen LogP contribution < -0.4 is 4.74 Å². The van der Waals surface area contributed by atoms with E-state index in [1.807, 2.05) is 0 Å². The molecule has 0 spiro atoms. The molecule has 2 rings (SSSR count). The van der Waals surface area contributed by atoms with Crippen molar-refractivity contribution in [2.45, 2.75) is 36.6 Å². The van der Waals surface area contributed by atoms with Gasteiger partial charge in [-0.1, -0.05) is 25.0 Å². The maximum Gasteiger partial charge on any atom is 0.322 e. The number of ether oxygens (including phenoxy) is 1. The maximum absolute atomic E-state index is 12.8. The summed E-state index contributed by atoms with van der Waals surface area (Å²) in [5.74, 6) is -0.874. The Hall–Kier alpha value is -1.60. The standard InChI is InChI=1S/C14H19NO5S/c1-20-12-8-4-5-9-13(12)21(18,19)15-10-6-2-3-7-11(15)14(16)17/h4-5,8-9,11H,2-3,6-7,10H2,1H3,(H,16,17). The number of carbonyl (C=O) groups is 1. The highest BCUT2D eigenvalue weighted by atomic mass is 32.2. The van der Waals surface area contributed by atoms with Gasteiger partial charge in [0.1, 0.15) is 16.7 Å². The summed E-state index contributed by atoms with van der Waals surface area (Å²) in [5, 5.41) is 9.33. The molecule has 116 valence electrons. The minimum absolute atomic E-state index is 0.0145. The number of methoxy groups -OCH3 is 1. The van der Waals surface area contributed by atoms with Crippen molar-refractivity contribution < 1.29 is 23.1 Å². The molecule has 0 bridgehead atoms. The topological polar surface area (TPSA) is 83.9 Å². The number of hydrogen-bond donors (Lipinski definition) is 1.